The number of allylic oxidation sites excluding steroid dienone is 2. The molecule has 0 saturated carbocycles. The molecule has 21 heavy (non-hydrogen) atoms. The minimum absolute atomic E-state index is 0.111. The summed E-state index contributed by atoms with van der Waals surface area (Å²) in [6.45, 7) is 7.53. The maximum atomic E-state index is 10.2. The fourth-order valence-electron chi connectivity index (χ4n) is 3.20. The van der Waals surface area contributed by atoms with Gasteiger partial charge in [-0.25, -0.2) is 0 Å². The second-order valence-electron chi connectivity index (χ2n) is 5.77. The van der Waals surface area contributed by atoms with Crippen LogP contribution in [0, 0.1) is 5.92 Å². The predicted octanol–water partition coefficient (Wildman–Crippen LogP) is 3.17. The second-order valence-corrected chi connectivity index (χ2v) is 7.19. The molecule has 1 aliphatic carbocycles. The predicted molar refractivity (Wildman–Crippen MR) is 88.0 cm³/mol. The minimum atomic E-state index is -1.73. The highest BCUT2D eigenvalue weighted by atomic mass is 32.2. The lowest BCUT2D eigenvalue weighted by Gasteiger charge is -2.33. The third-order valence-electron chi connectivity index (χ3n) is 4.35. The summed E-state index contributed by atoms with van der Waals surface area (Å²) in [6, 6.07) is 8.48. The third kappa shape index (κ3) is 2.39. The largest absolute Gasteiger partial charge is 0.362 e. The van der Waals surface area contributed by atoms with Gasteiger partial charge in [-0.3, -0.25) is 0 Å². The first-order valence-corrected chi connectivity index (χ1v) is 8.05. The Morgan fingerprint density at radius 3 is 2.71 bits per heavy atom. The molecule has 1 fully saturated rings. The maximum Gasteiger partial charge on any atom is 0.186 e. The molecule has 2 aliphatic rings. The van der Waals surface area contributed by atoms with Crippen LogP contribution in [0.25, 0.3) is 0 Å². The summed E-state index contributed by atoms with van der Waals surface area (Å²) < 4.78 is -0.111. The van der Waals surface area contributed by atoms with Crippen LogP contribution in [-0.4, -0.2) is 21.3 Å². The van der Waals surface area contributed by atoms with Gasteiger partial charge in [0.25, 0.3) is 0 Å². The first-order chi connectivity index (χ1) is 10.0. The molecule has 1 saturated heterocycles. The molecule has 0 amide bonds. The average Bonchev–Trinajstić information content (AvgIpc) is 3.19. The van der Waals surface area contributed by atoms with E-state index in [-0.39, 0.29) is 15.9 Å². The molecular formula is C18H20O2S. The van der Waals surface area contributed by atoms with Crippen molar-refractivity contribution in [2.24, 2.45) is 5.92 Å². The van der Waals surface area contributed by atoms with E-state index in [1.54, 1.807) is 17.8 Å². The zero-order chi connectivity index (χ0) is 15.1. The highest BCUT2D eigenvalue weighted by molar-refractivity contribution is 8.08. The van der Waals surface area contributed by atoms with Gasteiger partial charge in [-0.15, -0.1) is 24.9 Å². The molecule has 3 rings (SSSR count). The van der Waals surface area contributed by atoms with Crippen LogP contribution in [0.5, 0.6) is 0 Å². The van der Waals surface area contributed by atoms with Crippen molar-refractivity contribution in [2.75, 3.05) is 0 Å². The van der Waals surface area contributed by atoms with E-state index in [1.807, 2.05) is 12.2 Å². The van der Waals surface area contributed by atoms with Gasteiger partial charge in [0.05, 0.1) is 4.75 Å². The zero-order valence-electron chi connectivity index (χ0n) is 11.9. The molecule has 2 N–H and O–H groups in total. The molecule has 0 spiro atoms. The van der Waals surface area contributed by atoms with Crippen LogP contribution in [0.1, 0.15) is 17.5 Å². The monoisotopic (exact) mass is 300 g/mol. The van der Waals surface area contributed by atoms with E-state index in [4.69, 9.17) is 0 Å². The number of fused-ring (bicyclic) bond motifs is 1. The molecule has 0 radical (unpaired) electrons. The van der Waals surface area contributed by atoms with Crippen molar-refractivity contribution in [3.05, 3.63) is 72.9 Å². The van der Waals surface area contributed by atoms with E-state index in [9.17, 15) is 10.2 Å². The van der Waals surface area contributed by atoms with Crippen LogP contribution < -0.4 is 0 Å². The Morgan fingerprint density at radius 2 is 2.00 bits per heavy atom. The molecule has 2 nitrogen and oxygen atoms in total. The Kier molecular flexibility index (Phi) is 3.60. The summed E-state index contributed by atoms with van der Waals surface area (Å²) in [7, 11) is 0. The van der Waals surface area contributed by atoms with Crippen molar-refractivity contribution in [3.8, 4) is 0 Å². The van der Waals surface area contributed by atoms with Crippen molar-refractivity contribution in [1.82, 2.24) is 0 Å². The van der Waals surface area contributed by atoms with Crippen LogP contribution in [0.2, 0.25) is 0 Å². The van der Waals surface area contributed by atoms with Crippen LogP contribution >= 0.6 is 11.8 Å². The van der Waals surface area contributed by atoms with Gasteiger partial charge in [-0.2, -0.15) is 0 Å². The molecule has 0 aromatic heterocycles. The standard InChI is InChI=1S/C18H20O2S/c1-3-6-13-8-5-9-14(12-13)17-10-11-18(19,20)15(7-4-2)16(17)21-17/h3-5,8-12,15-16,19-20H,1-2,6-7H2. The minimum Gasteiger partial charge on any atom is -0.362 e. The zero-order valence-corrected chi connectivity index (χ0v) is 12.7. The first-order valence-electron chi connectivity index (χ1n) is 7.17. The molecule has 3 unspecified atom stereocenters. The molecule has 3 atom stereocenters. The molecule has 1 aromatic rings. The van der Waals surface area contributed by atoms with Crippen molar-refractivity contribution >= 4 is 11.8 Å². The lowest BCUT2D eigenvalue weighted by Crippen LogP contribution is -2.43. The van der Waals surface area contributed by atoms with Gasteiger partial charge in [-0.05, 0) is 30.0 Å². The highest BCUT2D eigenvalue weighted by Crippen LogP contribution is 2.69. The fourth-order valence-corrected chi connectivity index (χ4v) is 4.81. The third-order valence-corrected chi connectivity index (χ3v) is 6.07. The van der Waals surface area contributed by atoms with Crippen LogP contribution in [0.3, 0.4) is 0 Å². The lowest BCUT2D eigenvalue weighted by molar-refractivity contribution is -0.161. The second kappa shape index (κ2) is 5.16. The Morgan fingerprint density at radius 1 is 1.19 bits per heavy atom. The van der Waals surface area contributed by atoms with Gasteiger partial charge in [0.1, 0.15) is 0 Å². The number of aliphatic hydroxyl groups is 2. The summed E-state index contributed by atoms with van der Waals surface area (Å²) in [5.74, 6) is -1.95. The topological polar surface area (TPSA) is 40.5 Å². The Hall–Kier alpha value is -1.29. The molecule has 1 heterocycles. The van der Waals surface area contributed by atoms with E-state index in [0.717, 1.165) is 6.42 Å². The summed E-state index contributed by atoms with van der Waals surface area (Å²) >= 11 is 1.80. The van der Waals surface area contributed by atoms with Crippen LogP contribution in [-0.2, 0) is 11.2 Å². The van der Waals surface area contributed by atoms with Gasteiger partial charge in [-0.1, -0.05) is 42.5 Å². The fraction of sp³-hybridized carbons (Fsp3) is 0.333. The Bertz CT molecular complexity index is 605. The summed E-state index contributed by atoms with van der Waals surface area (Å²) in [5.41, 5.74) is 2.47. The van der Waals surface area contributed by atoms with Crippen molar-refractivity contribution in [3.63, 3.8) is 0 Å². The molecule has 110 valence electrons. The van der Waals surface area contributed by atoms with E-state index in [2.05, 4.69) is 37.4 Å². The SMILES string of the molecule is C=CCc1cccc(C23C=CC(O)(O)C(CC=C)C2S3)c1. The lowest BCUT2D eigenvalue weighted by atomic mass is 9.77. The van der Waals surface area contributed by atoms with Crippen molar-refractivity contribution in [2.45, 2.75) is 28.6 Å². The molecule has 0 bridgehead atoms. The Labute approximate surface area is 129 Å². The van der Waals surface area contributed by atoms with E-state index in [1.165, 1.54) is 17.2 Å². The quantitative estimate of drug-likeness (QED) is 0.498. The summed E-state index contributed by atoms with van der Waals surface area (Å²) in [6.07, 6.45) is 8.61. The average molecular weight is 300 g/mol. The number of thioether (sulfide) groups is 1. The number of rotatable bonds is 5. The first kappa shape index (κ1) is 14.6. The van der Waals surface area contributed by atoms with E-state index in [0.29, 0.717) is 6.42 Å². The Balaban J connectivity index is 1.95. The van der Waals surface area contributed by atoms with Crippen LogP contribution in [0.15, 0.2) is 61.7 Å². The van der Waals surface area contributed by atoms with Gasteiger partial charge < -0.3 is 10.2 Å². The number of hydrogen-bond donors (Lipinski definition) is 2. The van der Waals surface area contributed by atoms with Crippen molar-refractivity contribution in [1.29, 1.82) is 0 Å². The van der Waals surface area contributed by atoms with E-state index < -0.39 is 5.79 Å². The normalized spacial score (nSPS) is 32.3. The van der Waals surface area contributed by atoms with E-state index >= 15 is 0 Å². The van der Waals surface area contributed by atoms with Crippen LogP contribution in [0.4, 0.5) is 0 Å². The smallest absolute Gasteiger partial charge is 0.186 e. The van der Waals surface area contributed by atoms with Gasteiger partial charge in [0.2, 0.25) is 0 Å². The molecule has 1 aliphatic heterocycles. The number of hydrogen-bond acceptors (Lipinski definition) is 3. The molecule has 3 heteroatoms. The van der Waals surface area contributed by atoms with Crippen molar-refractivity contribution < 1.29 is 10.2 Å². The molecule has 1 aromatic carbocycles. The van der Waals surface area contributed by atoms with Gasteiger partial charge >= 0.3 is 0 Å². The highest BCUT2D eigenvalue weighted by Gasteiger charge is 2.64. The van der Waals surface area contributed by atoms with Gasteiger partial charge in [0, 0.05) is 11.2 Å². The summed E-state index contributed by atoms with van der Waals surface area (Å²) in [4.78, 5) is 0. The molecular weight excluding hydrogens is 280 g/mol. The number of benzene rings is 1. The summed E-state index contributed by atoms with van der Waals surface area (Å²) in [5, 5.41) is 20.5. The maximum absolute atomic E-state index is 10.2. The van der Waals surface area contributed by atoms with Gasteiger partial charge in [0.15, 0.2) is 5.79 Å².